The van der Waals surface area contributed by atoms with E-state index in [-0.39, 0.29) is 0 Å². The Labute approximate surface area is 109 Å². The summed E-state index contributed by atoms with van der Waals surface area (Å²) < 4.78 is 10.8. The largest absolute Gasteiger partial charge is 0.496 e. The number of hydrogen-bond donors (Lipinski definition) is 0. The molecule has 0 aromatic heterocycles. The summed E-state index contributed by atoms with van der Waals surface area (Å²) in [5.41, 5.74) is 2.14. The van der Waals surface area contributed by atoms with Crippen molar-refractivity contribution in [2.45, 2.75) is 33.1 Å². The molecular weight excluding hydrogens is 232 g/mol. The first-order valence-corrected chi connectivity index (χ1v) is 6.47. The van der Waals surface area contributed by atoms with Crippen molar-refractivity contribution >= 4 is 17.3 Å². The van der Waals surface area contributed by atoms with Crippen LogP contribution in [0.2, 0.25) is 0 Å². The van der Waals surface area contributed by atoms with Gasteiger partial charge in [-0.25, -0.2) is 0 Å². The lowest BCUT2D eigenvalue weighted by molar-refractivity contribution is 0.312. The molecule has 0 aliphatic carbocycles. The summed E-state index contributed by atoms with van der Waals surface area (Å²) in [6.07, 6.45) is 3.13. The van der Waals surface area contributed by atoms with Gasteiger partial charge in [-0.3, -0.25) is 0 Å². The zero-order chi connectivity index (χ0) is 12.7. The lowest BCUT2D eigenvalue weighted by Gasteiger charge is -2.12. The number of aryl methyl sites for hydroxylation is 1. The quantitative estimate of drug-likeness (QED) is 0.718. The summed E-state index contributed by atoms with van der Waals surface area (Å²) in [6.45, 7) is 4.87. The molecule has 0 aliphatic rings. The summed E-state index contributed by atoms with van der Waals surface area (Å²) in [4.78, 5) is 0. The van der Waals surface area contributed by atoms with Crippen LogP contribution < -0.4 is 4.74 Å². The highest BCUT2D eigenvalue weighted by Crippen LogP contribution is 2.22. The maximum atomic E-state index is 5.47. The van der Waals surface area contributed by atoms with Crippen LogP contribution in [-0.4, -0.2) is 18.8 Å². The Morgan fingerprint density at radius 3 is 2.59 bits per heavy atom. The van der Waals surface area contributed by atoms with Gasteiger partial charge in [0, 0.05) is 0 Å². The third kappa shape index (κ3) is 4.00. The van der Waals surface area contributed by atoms with Gasteiger partial charge in [0.15, 0.2) is 5.05 Å². The third-order valence-electron chi connectivity index (χ3n) is 2.46. The van der Waals surface area contributed by atoms with Crippen LogP contribution in [0.5, 0.6) is 5.75 Å². The molecule has 94 valence electrons. The molecule has 0 atom stereocenters. The zero-order valence-electron chi connectivity index (χ0n) is 10.8. The molecule has 0 unspecified atom stereocenters. The van der Waals surface area contributed by atoms with E-state index in [2.05, 4.69) is 19.9 Å². The van der Waals surface area contributed by atoms with E-state index in [0.717, 1.165) is 30.6 Å². The lowest BCUT2D eigenvalue weighted by atomic mass is 10.1. The molecule has 0 radical (unpaired) electrons. The fraction of sp³-hybridized carbons (Fsp3) is 0.500. The van der Waals surface area contributed by atoms with E-state index in [0.29, 0.717) is 11.7 Å². The molecule has 0 saturated heterocycles. The van der Waals surface area contributed by atoms with Crippen LogP contribution in [0.4, 0.5) is 0 Å². The van der Waals surface area contributed by atoms with Gasteiger partial charge in [0.05, 0.1) is 19.3 Å². The van der Waals surface area contributed by atoms with E-state index < -0.39 is 0 Å². The average molecular weight is 252 g/mol. The van der Waals surface area contributed by atoms with Crippen LogP contribution in [0.3, 0.4) is 0 Å². The highest BCUT2D eigenvalue weighted by atomic mass is 32.1. The topological polar surface area (TPSA) is 18.5 Å². The van der Waals surface area contributed by atoms with Gasteiger partial charge in [0.2, 0.25) is 0 Å². The molecule has 0 saturated carbocycles. The Bertz CT molecular complexity index is 374. The van der Waals surface area contributed by atoms with Crippen molar-refractivity contribution in [3.8, 4) is 5.75 Å². The van der Waals surface area contributed by atoms with Crippen LogP contribution in [0.15, 0.2) is 18.2 Å². The Hall–Kier alpha value is -1.09. The second kappa shape index (κ2) is 7.28. The van der Waals surface area contributed by atoms with Gasteiger partial charge in [0.1, 0.15) is 5.75 Å². The maximum Gasteiger partial charge on any atom is 0.194 e. The standard InChI is InChI=1S/C14H20O2S/c1-4-6-11-7-8-12(13(10-11)15-3)14(17)16-9-5-2/h7-8,10H,4-6,9H2,1-3H3. The fourth-order valence-corrected chi connectivity index (χ4v) is 1.87. The number of benzene rings is 1. The Morgan fingerprint density at radius 2 is 2.00 bits per heavy atom. The number of thiocarbonyl (C=S) groups is 1. The molecule has 0 spiro atoms. The minimum Gasteiger partial charge on any atom is -0.496 e. The van der Waals surface area contributed by atoms with Crippen molar-refractivity contribution in [3.63, 3.8) is 0 Å². The molecule has 1 aromatic carbocycles. The van der Waals surface area contributed by atoms with Crippen LogP contribution in [0, 0.1) is 0 Å². The van der Waals surface area contributed by atoms with E-state index in [1.807, 2.05) is 12.1 Å². The first-order valence-electron chi connectivity index (χ1n) is 6.07. The normalized spacial score (nSPS) is 10.1. The Morgan fingerprint density at radius 1 is 1.24 bits per heavy atom. The van der Waals surface area contributed by atoms with Crippen molar-refractivity contribution in [2.24, 2.45) is 0 Å². The highest BCUT2D eigenvalue weighted by molar-refractivity contribution is 7.80. The molecule has 0 aliphatic heterocycles. The van der Waals surface area contributed by atoms with Crippen molar-refractivity contribution in [2.75, 3.05) is 13.7 Å². The molecule has 2 nitrogen and oxygen atoms in total. The predicted molar refractivity (Wildman–Crippen MR) is 74.9 cm³/mol. The maximum absolute atomic E-state index is 5.47. The average Bonchev–Trinajstić information content (AvgIpc) is 2.36. The van der Waals surface area contributed by atoms with E-state index in [1.165, 1.54) is 5.56 Å². The minimum absolute atomic E-state index is 0.520. The first-order chi connectivity index (χ1) is 8.22. The molecule has 17 heavy (non-hydrogen) atoms. The monoisotopic (exact) mass is 252 g/mol. The number of hydrogen-bond acceptors (Lipinski definition) is 3. The molecule has 1 aromatic rings. The molecule has 0 N–H and O–H groups in total. The molecule has 0 bridgehead atoms. The second-order valence-corrected chi connectivity index (χ2v) is 4.29. The molecule has 0 fully saturated rings. The number of ether oxygens (including phenoxy) is 2. The second-order valence-electron chi connectivity index (χ2n) is 3.92. The highest BCUT2D eigenvalue weighted by Gasteiger charge is 2.10. The number of rotatable bonds is 6. The Balaban J connectivity index is 2.87. The van der Waals surface area contributed by atoms with Crippen LogP contribution in [0.25, 0.3) is 0 Å². The smallest absolute Gasteiger partial charge is 0.194 e. The summed E-state index contributed by atoms with van der Waals surface area (Å²) >= 11 is 5.25. The SMILES string of the molecule is CCCOC(=S)c1ccc(CCC)cc1OC. The molecule has 0 amide bonds. The van der Waals surface area contributed by atoms with E-state index in [9.17, 15) is 0 Å². The van der Waals surface area contributed by atoms with Gasteiger partial charge in [-0.2, -0.15) is 0 Å². The molecule has 3 heteroatoms. The Kier molecular flexibility index (Phi) is 5.98. The fourth-order valence-electron chi connectivity index (χ4n) is 1.62. The summed E-state index contributed by atoms with van der Waals surface area (Å²) in [7, 11) is 1.66. The van der Waals surface area contributed by atoms with Crippen LogP contribution in [0.1, 0.15) is 37.8 Å². The van der Waals surface area contributed by atoms with Gasteiger partial charge < -0.3 is 9.47 Å². The number of methoxy groups -OCH3 is 1. The van der Waals surface area contributed by atoms with Gasteiger partial charge in [-0.15, -0.1) is 0 Å². The van der Waals surface area contributed by atoms with Crippen molar-refractivity contribution in [1.29, 1.82) is 0 Å². The van der Waals surface area contributed by atoms with E-state index >= 15 is 0 Å². The molecule has 0 heterocycles. The van der Waals surface area contributed by atoms with E-state index in [1.54, 1.807) is 7.11 Å². The summed E-state index contributed by atoms with van der Waals surface area (Å²) in [5, 5.41) is 0.520. The molecular formula is C14H20O2S. The zero-order valence-corrected chi connectivity index (χ0v) is 11.6. The predicted octanol–water partition coefficient (Wildman–Crippen LogP) is 3.75. The van der Waals surface area contributed by atoms with Crippen LogP contribution >= 0.6 is 12.2 Å². The lowest BCUT2D eigenvalue weighted by Crippen LogP contribution is -2.07. The van der Waals surface area contributed by atoms with Gasteiger partial charge in [-0.05, 0) is 42.8 Å². The van der Waals surface area contributed by atoms with Crippen molar-refractivity contribution in [3.05, 3.63) is 29.3 Å². The van der Waals surface area contributed by atoms with Gasteiger partial charge in [0.25, 0.3) is 0 Å². The third-order valence-corrected chi connectivity index (χ3v) is 2.80. The van der Waals surface area contributed by atoms with Gasteiger partial charge >= 0.3 is 0 Å². The van der Waals surface area contributed by atoms with Crippen molar-refractivity contribution < 1.29 is 9.47 Å². The van der Waals surface area contributed by atoms with Gasteiger partial charge in [-0.1, -0.05) is 26.3 Å². The minimum atomic E-state index is 0.520. The van der Waals surface area contributed by atoms with Crippen molar-refractivity contribution in [1.82, 2.24) is 0 Å². The summed E-state index contributed by atoms with van der Waals surface area (Å²) in [6, 6.07) is 6.12. The first kappa shape index (κ1) is 14.0. The molecule has 1 rings (SSSR count). The van der Waals surface area contributed by atoms with Crippen LogP contribution in [-0.2, 0) is 11.2 Å². The summed E-state index contributed by atoms with van der Waals surface area (Å²) in [5.74, 6) is 0.803. The van der Waals surface area contributed by atoms with E-state index in [4.69, 9.17) is 21.7 Å².